The van der Waals surface area contributed by atoms with Crippen molar-refractivity contribution in [2.75, 3.05) is 6.54 Å². The van der Waals surface area contributed by atoms with E-state index in [0.29, 0.717) is 0 Å². The Morgan fingerprint density at radius 1 is 1.55 bits per heavy atom. The van der Waals surface area contributed by atoms with Gasteiger partial charge in [-0.25, -0.2) is 0 Å². The van der Waals surface area contributed by atoms with Gasteiger partial charge in [-0.15, -0.1) is 0 Å². The van der Waals surface area contributed by atoms with Crippen molar-refractivity contribution in [3.63, 3.8) is 0 Å². The standard InChI is InChI=1S/C13H16N4O3/c14-4-2-6-17(9-10-3-1-5-16-8-10)13(20)11(15)7-12(18)19/h1,3,5,8,11H,2,6-7,9,15H2,(H,18,19). The average molecular weight is 276 g/mol. The number of pyridine rings is 1. The molecule has 1 amide bonds. The average Bonchev–Trinajstić information content (AvgIpc) is 2.43. The fourth-order valence-electron chi connectivity index (χ4n) is 1.67. The minimum absolute atomic E-state index is 0.159. The van der Waals surface area contributed by atoms with Gasteiger partial charge in [0, 0.05) is 25.5 Å². The van der Waals surface area contributed by atoms with Crippen LogP contribution in [0.25, 0.3) is 0 Å². The lowest BCUT2D eigenvalue weighted by atomic mass is 10.1. The summed E-state index contributed by atoms with van der Waals surface area (Å²) in [6, 6.07) is 4.37. The van der Waals surface area contributed by atoms with Gasteiger partial charge in [-0.1, -0.05) is 6.07 Å². The number of hydrogen-bond donors (Lipinski definition) is 2. The second-order valence-electron chi connectivity index (χ2n) is 4.23. The maximum Gasteiger partial charge on any atom is 0.305 e. The molecule has 0 spiro atoms. The lowest BCUT2D eigenvalue weighted by molar-refractivity contribution is -0.142. The first kappa shape index (κ1) is 15.6. The van der Waals surface area contributed by atoms with Crippen LogP contribution in [-0.2, 0) is 16.1 Å². The van der Waals surface area contributed by atoms with Crippen LogP contribution in [0.3, 0.4) is 0 Å². The van der Waals surface area contributed by atoms with Crippen LogP contribution in [-0.4, -0.2) is 39.5 Å². The van der Waals surface area contributed by atoms with E-state index in [9.17, 15) is 9.59 Å². The number of nitrogens with two attached hydrogens (primary N) is 1. The molecule has 1 aromatic rings. The Kier molecular flexibility index (Phi) is 6.13. The molecule has 1 aromatic heterocycles. The first-order valence-corrected chi connectivity index (χ1v) is 6.06. The summed E-state index contributed by atoms with van der Waals surface area (Å²) in [5, 5.41) is 17.3. The Labute approximate surface area is 116 Å². The van der Waals surface area contributed by atoms with E-state index >= 15 is 0 Å². The van der Waals surface area contributed by atoms with Gasteiger partial charge in [0.2, 0.25) is 5.91 Å². The molecule has 7 nitrogen and oxygen atoms in total. The topological polar surface area (TPSA) is 120 Å². The van der Waals surface area contributed by atoms with E-state index in [0.717, 1.165) is 5.56 Å². The van der Waals surface area contributed by atoms with Gasteiger partial charge in [0.25, 0.3) is 0 Å². The number of nitrogens with zero attached hydrogens (tertiary/aromatic N) is 3. The van der Waals surface area contributed by atoms with Crippen molar-refractivity contribution >= 4 is 11.9 Å². The molecule has 1 rings (SSSR count). The van der Waals surface area contributed by atoms with Gasteiger partial charge in [0.05, 0.1) is 25.0 Å². The summed E-state index contributed by atoms with van der Waals surface area (Å²) >= 11 is 0. The second-order valence-corrected chi connectivity index (χ2v) is 4.23. The van der Waals surface area contributed by atoms with Crippen LogP contribution >= 0.6 is 0 Å². The largest absolute Gasteiger partial charge is 0.481 e. The third-order valence-electron chi connectivity index (χ3n) is 2.61. The molecule has 0 aliphatic rings. The highest BCUT2D eigenvalue weighted by Crippen LogP contribution is 2.07. The van der Waals surface area contributed by atoms with Gasteiger partial charge in [-0.05, 0) is 11.6 Å². The molecule has 1 atom stereocenters. The Morgan fingerprint density at radius 3 is 2.85 bits per heavy atom. The molecule has 106 valence electrons. The fourth-order valence-corrected chi connectivity index (χ4v) is 1.67. The van der Waals surface area contributed by atoms with Gasteiger partial charge < -0.3 is 15.7 Å². The smallest absolute Gasteiger partial charge is 0.305 e. The Morgan fingerprint density at radius 2 is 2.30 bits per heavy atom. The summed E-state index contributed by atoms with van der Waals surface area (Å²) in [6.07, 6.45) is 2.94. The minimum Gasteiger partial charge on any atom is -0.481 e. The van der Waals surface area contributed by atoms with Gasteiger partial charge in [-0.2, -0.15) is 5.26 Å². The molecule has 0 radical (unpaired) electrons. The first-order chi connectivity index (χ1) is 9.54. The molecule has 0 aromatic carbocycles. The number of carbonyl (C=O) groups is 2. The number of carboxylic acids is 1. The maximum atomic E-state index is 12.1. The Hall–Kier alpha value is -2.46. The highest BCUT2D eigenvalue weighted by Gasteiger charge is 2.23. The van der Waals surface area contributed by atoms with Crippen LogP contribution in [0.4, 0.5) is 0 Å². The highest BCUT2D eigenvalue weighted by molar-refractivity contribution is 5.86. The van der Waals surface area contributed by atoms with E-state index in [4.69, 9.17) is 16.1 Å². The van der Waals surface area contributed by atoms with Crippen molar-refractivity contribution in [1.82, 2.24) is 9.88 Å². The zero-order valence-corrected chi connectivity index (χ0v) is 10.9. The van der Waals surface area contributed by atoms with Crippen molar-refractivity contribution in [2.24, 2.45) is 5.73 Å². The lowest BCUT2D eigenvalue weighted by Crippen LogP contribution is -2.44. The highest BCUT2D eigenvalue weighted by atomic mass is 16.4. The first-order valence-electron chi connectivity index (χ1n) is 6.06. The number of rotatable bonds is 7. The van der Waals surface area contributed by atoms with Crippen molar-refractivity contribution in [2.45, 2.75) is 25.4 Å². The molecule has 3 N–H and O–H groups in total. The molecule has 7 heteroatoms. The van der Waals surface area contributed by atoms with E-state index in [2.05, 4.69) is 4.98 Å². The quantitative estimate of drug-likeness (QED) is 0.730. The molecular weight excluding hydrogens is 260 g/mol. The molecule has 20 heavy (non-hydrogen) atoms. The van der Waals surface area contributed by atoms with Crippen molar-refractivity contribution in [3.05, 3.63) is 30.1 Å². The number of aromatic nitrogens is 1. The van der Waals surface area contributed by atoms with Gasteiger partial charge in [0.1, 0.15) is 0 Å². The van der Waals surface area contributed by atoms with Crippen molar-refractivity contribution < 1.29 is 14.7 Å². The van der Waals surface area contributed by atoms with Crippen LogP contribution in [0.5, 0.6) is 0 Å². The fraction of sp³-hybridized carbons (Fsp3) is 0.385. The molecule has 0 fully saturated rings. The number of nitriles is 1. The van der Waals surface area contributed by atoms with E-state index in [1.165, 1.54) is 4.90 Å². The minimum atomic E-state index is -1.13. The summed E-state index contributed by atoms with van der Waals surface area (Å²) in [6.45, 7) is 0.458. The van der Waals surface area contributed by atoms with Gasteiger partial charge in [-0.3, -0.25) is 14.6 Å². The van der Waals surface area contributed by atoms with Crippen LogP contribution < -0.4 is 5.73 Å². The SMILES string of the molecule is N#CCCN(Cc1cccnc1)C(=O)C(N)CC(=O)O. The monoisotopic (exact) mass is 276 g/mol. The van der Waals surface area contributed by atoms with Crippen LogP contribution in [0.2, 0.25) is 0 Å². The second kappa shape index (κ2) is 7.86. The maximum absolute atomic E-state index is 12.1. The third-order valence-corrected chi connectivity index (χ3v) is 2.61. The number of amides is 1. The molecule has 0 saturated heterocycles. The van der Waals surface area contributed by atoms with Crippen LogP contribution in [0.15, 0.2) is 24.5 Å². The predicted octanol–water partition coefficient (Wildman–Crippen LogP) is 0.126. The van der Waals surface area contributed by atoms with Gasteiger partial charge in [0.15, 0.2) is 0 Å². The lowest BCUT2D eigenvalue weighted by Gasteiger charge is -2.24. The van der Waals surface area contributed by atoms with E-state index in [1.807, 2.05) is 6.07 Å². The van der Waals surface area contributed by atoms with E-state index in [1.54, 1.807) is 24.5 Å². The molecule has 1 unspecified atom stereocenters. The van der Waals surface area contributed by atoms with Crippen LogP contribution in [0.1, 0.15) is 18.4 Å². The van der Waals surface area contributed by atoms with Crippen molar-refractivity contribution in [1.29, 1.82) is 5.26 Å². The number of hydrogen-bond acceptors (Lipinski definition) is 5. The summed E-state index contributed by atoms with van der Waals surface area (Å²) in [5.74, 6) is -1.61. The number of aliphatic carboxylic acids is 1. The summed E-state index contributed by atoms with van der Waals surface area (Å²) in [7, 11) is 0. The molecule has 0 saturated carbocycles. The Bertz CT molecular complexity index is 498. The normalized spacial score (nSPS) is 11.4. The molecule has 0 aliphatic carbocycles. The molecule has 0 aliphatic heterocycles. The van der Waals surface area contributed by atoms with Gasteiger partial charge >= 0.3 is 5.97 Å². The number of carboxylic acid groups (broad SMARTS) is 1. The summed E-state index contributed by atoms with van der Waals surface area (Å²) < 4.78 is 0. The van der Waals surface area contributed by atoms with Crippen molar-refractivity contribution in [3.8, 4) is 6.07 Å². The molecular formula is C13H16N4O3. The zero-order chi connectivity index (χ0) is 15.0. The Balaban J connectivity index is 2.75. The third kappa shape index (κ3) is 5.04. The zero-order valence-electron chi connectivity index (χ0n) is 10.9. The van der Waals surface area contributed by atoms with Crippen LogP contribution in [0, 0.1) is 11.3 Å². The predicted molar refractivity (Wildman–Crippen MR) is 70.1 cm³/mol. The summed E-state index contributed by atoms with van der Waals surface area (Å²) in [5.41, 5.74) is 6.37. The summed E-state index contributed by atoms with van der Waals surface area (Å²) in [4.78, 5) is 28.0. The molecule has 0 bridgehead atoms. The van der Waals surface area contributed by atoms with E-state index in [-0.39, 0.29) is 19.5 Å². The molecule has 1 heterocycles. The number of carbonyl (C=O) groups excluding carboxylic acids is 1. The van der Waals surface area contributed by atoms with E-state index < -0.39 is 24.3 Å².